The third-order valence-electron chi connectivity index (χ3n) is 2.81. The summed E-state index contributed by atoms with van der Waals surface area (Å²) >= 11 is 9.63. The van der Waals surface area contributed by atoms with Gasteiger partial charge in [-0.2, -0.15) is 10.4 Å². The van der Waals surface area contributed by atoms with Crippen molar-refractivity contribution in [2.75, 3.05) is 5.32 Å². The van der Waals surface area contributed by atoms with Crippen LogP contribution in [0.5, 0.6) is 0 Å². The van der Waals surface area contributed by atoms with Crippen LogP contribution in [0.15, 0.2) is 22.7 Å². The first-order valence-corrected chi connectivity index (χ1v) is 6.81. The maximum absolute atomic E-state index is 8.79. The van der Waals surface area contributed by atoms with Crippen molar-refractivity contribution in [1.29, 1.82) is 5.26 Å². The van der Waals surface area contributed by atoms with Crippen molar-refractivity contribution in [3.8, 4) is 6.07 Å². The lowest BCUT2D eigenvalue weighted by molar-refractivity contribution is 0.712. The number of hydrogen-bond donors (Lipinski definition) is 1. The minimum absolute atomic E-state index is 0.536. The van der Waals surface area contributed by atoms with Crippen molar-refractivity contribution < 1.29 is 0 Å². The summed E-state index contributed by atoms with van der Waals surface area (Å²) in [4.78, 5) is 0. The highest BCUT2D eigenvalue weighted by molar-refractivity contribution is 9.10. The average molecular weight is 340 g/mol. The molecule has 0 spiro atoms. The Bertz CT molecular complexity index is 657. The summed E-state index contributed by atoms with van der Waals surface area (Å²) in [5.74, 6) is 0. The second kappa shape index (κ2) is 5.64. The van der Waals surface area contributed by atoms with E-state index in [-0.39, 0.29) is 0 Å². The number of anilines is 1. The van der Waals surface area contributed by atoms with E-state index in [0.717, 1.165) is 21.5 Å². The minimum Gasteiger partial charge on any atom is -0.378 e. The number of nitrogens with one attached hydrogen (secondary N) is 1. The summed E-state index contributed by atoms with van der Waals surface area (Å²) < 4.78 is 2.82. The predicted octanol–water partition coefficient (Wildman–Crippen LogP) is 3.63. The topological polar surface area (TPSA) is 53.6 Å². The smallest absolute Gasteiger partial charge is 0.0992 e. The summed E-state index contributed by atoms with van der Waals surface area (Å²) in [5, 5.41) is 16.9. The molecule has 19 heavy (non-hydrogen) atoms. The van der Waals surface area contributed by atoms with Crippen LogP contribution in [0.2, 0.25) is 5.02 Å². The van der Waals surface area contributed by atoms with E-state index in [1.54, 1.807) is 18.2 Å². The van der Waals surface area contributed by atoms with Crippen LogP contribution in [-0.2, 0) is 13.6 Å². The molecule has 6 heteroatoms. The van der Waals surface area contributed by atoms with Crippen LogP contribution in [0.3, 0.4) is 0 Å². The van der Waals surface area contributed by atoms with Crippen molar-refractivity contribution in [2.24, 2.45) is 7.05 Å². The number of nitrogens with zero attached hydrogens (tertiary/aromatic N) is 3. The van der Waals surface area contributed by atoms with Gasteiger partial charge in [-0.15, -0.1) is 0 Å². The molecule has 0 fully saturated rings. The molecule has 0 saturated heterocycles. The van der Waals surface area contributed by atoms with E-state index in [1.165, 1.54) is 0 Å². The van der Waals surface area contributed by atoms with E-state index in [2.05, 4.69) is 32.4 Å². The van der Waals surface area contributed by atoms with Crippen LogP contribution in [-0.4, -0.2) is 9.78 Å². The number of halogens is 2. The van der Waals surface area contributed by atoms with Gasteiger partial charge in [-0.05, 0) is 41.1 Å². The molecule has 0 aliphatic heterocycles. The first-order chi connectivity index (χ1) is 9.02. The first-order valence-electron chi connectivity index (χ1n) is 5.64. The summed E-state index contributed by atoms with van der Waals surface area (Å²) in [6.07, 6.45) is 0. The van der Waals surface area contributed by atoms with Crippen LogP contribution in [0.4, 0.5) is 5.69 Å². The van der Waals surface area contributed by atoms with Crippen molar-refractivity contribution in [3.63, 3.8) is 0 Å². The lowest BCUT2D eigenvalue weighted by Gasteiger charge is -2.09. The Balaban J connectivity index is 2.17. The molecule has 1 aromatic carbocycles. The first kappa shape index (κ1) is 13.9. The maximum atomic E-state index is 8.79. The highest BCUT2D eigenvalue weighted by atomic mass is 79.9. The van der Waals surface area contributed by atoms with Crippen molar-refractivity contribution in [2.45, 2.75) is 13.5 Å². The van der Waals surface area contributed by atoms with Gasteiger partial charge in [0.25, 0.3) is 0 Å². The minimum atomic E-state index is 0.536. The molecule has 0 aliphatic rings. The second-order valence-electron chi connectivity index (χ2n) is 4.13. The van der Waals surface area contributed by atoms with E-state index in [9.17, 15) is 0 Å². The van der Waals surface area contributed by atoms with Crippen LogP contribution in [0.1, 0.15) is 17.0 Å². The van der Waals surface area contributed by atoms with E-state index in [4.69, 9.17) is 16.9 Å². The summed E-state index contributed by atoms with van der Waals surface area (Å²) in [5.41, 5.74) is 3.34. The van der Waals surface area contributed by atoms with Gasteiger partial charge in [-0.25, -0.2) is 0 Å². The number of hydrogen-bond acceptors (Lipinski definition) is 3. The zero-order chi connectivity index (χ0) is 14.0. The molecule has 2 rings (SSSR count). The molecule has 98 valence electrons. The Morgan fingerprint density at radius 1 is 1.53 bits per heavy atom. The SMILES string of the molecule is Cc1nn(C)c(CNc2ccc(C#N)cc2Cl)c1Br. The van der Waals surface area contributed by atoms with Crippen molar-refractivity contribution in [3.05, 3.63) is 44.6 Å². The number of aromatic nitrogens is 2. The molecule has 0 amide bonds. The second-order valence-corrected chi connectivity index (χ2v) is 5.33. The van der Waals surface area contributed by atoms with E-state index >= 15 is 0 Å². The fourth-order valence-corrected chi connectivity index (χ4v) is 2.50. The quantitative estimate of drug-likeness (QED) is 0.929. The Morgan fingerprint density at radius 2 is 2.26 bits per heavy atom. The lowest BCUT2D eigenvalue weighted by Crippen LogP contribution is -2.06. The van der Waals surface area contributed by atoms with Crippen LogP contribution >= 0.6 is 27.5 Å². The Hall–Kier alpha value is -1.51. The highest BCUT2D eigenvalue weighted by Crippen LogP contribution is 2.25. The fourth-order valence-electron chi connectivity index (χ4n) is 1.78. The third kappa shape index (κ3) is 2.91. The van der Waals surface area contributed by atoms with Gasteiger partial charge >= 0.3 is 0 Å². The maximum Gasteiger partial charge on any atom is 0.0992 e. The van der Waals surface area contributed by atoms with E-state index in [1.807, 2.05) is 18.7 Å². The largest absolute Gasteiger partial charge is 0.378 e. The molecule has 0 bridgehead atoms. The molecule has 4 nitrogen and oxygen atoms in total. The van der Waals surface area contributed by atoms with Crippen LogP contribution in [0, 0.1) is 18.3 Å². The normalized spacial score (nSPS) is 10.3. The Kier molecular flexibility index (Phi) is 4.13. The Labute approximate surface area is 125 Å². The molecule has 0 unspecified atom stereocenters. The predicted molar refractivity (Wildman–Crippen MR) is 79.1 cm³/mol. The number of rotatable bonds is 3. The van der Waals surface area contributed by atoms with Gasteiger partial charge in [0, 0.05) is 7.05 Å². The van der Waals surface area contributed by atoms with Gasteiger partial charge < -0.3 is 5.32 Å². The number of benzene rings is 1. The molecular weight excluding hydrogens is 328 g/mol. The fraction of sp³-hybridized carbons (Fsp3) is 0.231. The van der Waals surface area contributed by atoms with E-state index in [0.29, 0.717) is 17.1 Å². The number of nitriles is 1. The van der Waals surface area contributed by atoms with Crippen molar-refractivity contribution >= 4 is 33.2 Å². The van der Waals surface area contributed by atoms with E-state index < -0.39 is 0 Å². The Morgan fingerprint density at radius 3 is 2.79 bits per heavy atom. The van der Waals surface area contributed by atoms with Crippen molar-refractivity contribution in [1.82, 2.24) is 9.78 Å². The summed E-state index contributed by atoms with van der Waals surface area (Å²) in [6.45, 7) is 2.55. The zero-order valence-corrected chi connectivity index (χ0v) is 12.9. The molecule has 1 aromatic heterocycles. The van der Waals surface area contributed by atoms with Gasteiger partial charge in [-0.3, -0.25) is 4.68 Å². The molecule has 0 saturated carbocycles. The van der Waals surface area contributed by atoms with Gasteiger partial charge in [0.1, 0.15) is 0 Å². The van der Waals surface area contributed by atoms with Gasteiger partial charge in [0.2, 0.25) is 0 Å². The summed E-state index contributed by atoms with van der Waals surface area (Å²) in [6, 6.07) is 7.24. The van der Waals surface area contributed by atoms with Gasteiger partial charge in [0.05, 0.1) is 44.7 Å². The molecule has 2 aromatic rings. The molecule has 0 radical (unpaired) electrons. The highest BCUT2D eigenvalue weighted by Gasteiger charge is 2.10. The monoisotopic (exact) mass is 338 g/mol. The molecular formula is C13H12BrClN4. The third-order valence-corrected chi connectivity index (χ3v) is 4.15. The van der Waals surface area contributed by atoms with Gasteiger partial charge in [0.15, 0.2) is 0 Å². The van der Waals surface area contributed by atoms with Crippen LogP contribution in [0.25, 0.3) is 0 Å². The average Bonchev–Trinajstić information content (AvgIpc) is 2.62. The molecule has 0 atom stereocenters. The summed E-state index contributed by atoms with van der Waals surface area (Å²) in [7, 11) is 1.90. The zero-order valence-electron chi connectivity index (χ0n) is 10.5. The lowest BCUT2D eigenvalue weighted by atomic mass is 10.2. The molecule has 1 N–H and O–H groups in total. The standard InChI is InChI=1S/C13H12BrClN4/c1-8-13(14)12(19(2)18-8)7-17-11-4-3-9(6-16)5-10(11)15/h3-5,17H,7H2,1-2H3. The van der Waals surface area contributed by atoms with Crippen LogP contribution < -0.4 is 5.32 Å². The molecule has 0 aliphatic carbocycles. The van der Waals surface area contributed by atoms with Gasteiger partial charge in [-0.1, -0.05) is 11.6 Å². The number of aryl methyl sites for hydroxylation is 2. The molecule has 1 heterocycles.